The van der Waals surface area contributed by atoms with Crippen molar-refractivity contribution in [2.45, 2.75) is 49.8 Å². The van der Waals surface area contributed by atoms with Gasteiger partial charge in [-0.25, -0.2) is 17.9 Å². The van der Waals surface area contributed by atoms with Crippen LogP contribution in [0.2, 0.25) is 0 Å². The van der Waals surface area contributed by atoms with Crippen LogP contribution in [-0.2, 0) is 10.0 Å². The van der Waals surface area contributed by atoms with Crippen LogP contribution >= 0.6 is 0 Å². The highest BCUT2D eigenvalue weighted by Crippen LogP contribution is 2.69. The maximum atomic E-state index is 12.6. The number of hydrogen-bond acceptors (Lipinski definition) is 4. The highest BCUT2D eigenvalue weighted by molar-refractivity contribution is 7.89. The Morgan fingerprint density at radius 2 is 2.03 bits per heavy atom. The summed E-state index contributed by atoms with van der Waals surface area (Å²) in [4.78, 5) is 14.5. The molecule has 2 saturated carbocycles. The van der Waals surface area contributed by atoms with Crippen LogP contribution < -0.4 is 14.8 Å². The maximum Gasteiger partial charge on any atom is 0.321 e. The molecule has 1 spiro atoms. The molecule has 2 aliphatic heterocycles. The SMILES string of the molecule is O=C1N/C2=C3\CCC34CC4COc3cccc(c3)S(=O)(=O)NCCCCCCN1C2. The van der Waals surface area contributed by atoms with Gasteiger partial charge in [0.1, 0.15) is 5.75 Å². The Morgan fingerprint density at radius 1 is 1.17 bits per heavy atom. The van der Waals surface area contributed by atoms with E-state index in [1.54, 1.807) is 18.2 Å². The number of hydrogen-bond donors (Lipinski definition) is 2. The van der Waals surface area contributed by atoms with Gasteiger partial charge in [0.2, 0.25) is 10.0 Å². The lowest BCUT2D eigenvalue weighted by atomic mass is 9.73. The molecule has 0 radical (unpaired) electrons. The van der Waals surface area contributed by atoms with Crippen LogP contribution in [0, 0.1) is 11.3 Å². The number of carbonyl (C=O) groups is 1. The molecule has 3 fully saturated rings. The topological polar surface area (TPSA) is 87.7 Å². The third-order valence-electron chi connectivity index (χ3n) is 7.13. The summed E-state index contributed by atoms with van der Waals surface area (Å²) in [6.07, 6.45) is 6.91. The zero-order valence-corrected chi connectivity index (χ0v) is 18.0. The molecule has 1 aromatic rings. The highest BCUT2D eigenvalue weighted by Gasteiger charge is 2.62. The summed E-state index contributed by atoms with van der Waals surface area (Å²) in [7, 11) is -3.53. The normalized spacial score (nSPS) is 33.5. The van der Waals surface area contributed by atoms with Crippen LogP contribution in [0.15, 0.2) is 40.4 Å². The van der Waals surface area contributed by atoms with E-state index in [1.165, 1.54) is 5.57 Å². The lowest BCUT2D eigenvalue weighted by Crippen LogP contribution is -2.29. The van der Waals surface area contributed by atoms with Gasteiger partial charge in [-0.1, -0.05) is 18.9 Å². The minimum absolute atomic E-state index is 0.0204. The number of ether oxygens (including phenoxy) is 1. The predicted octanol–water partition coefficient (Wildman–Crippen LogP) is 3.00. The molecule has 1 saturated heterocycles. The van der Waals surface area contributed by atoms with Crippen LogP contribution in [-0.4, -0.2) is 45.6 Å². The first-order valence-electron chi connectivity index (χ1n) is 11.0. The van der Waals surface area contributed by atoms with Gasteiger partial charge < -0.3 is 15.0 Å². The Morgan fingerprint density at radius 3 is 2.87 bits per heavy atom. The van der Waals surface area contributed by atoms with Crippen molar-refractivity contribution in [3.8, 4) is 5.75 Å². The molecule has 4 aliphatic rings. The number of benzene rings is 1. The van der Waals surface area contributed by atoms with E-state index >= 15 is 0 Å². The van der Waals surface area contributed by atoms with Gasteiger partial charge in [-0.05, 0) is 49.8 Å². The molecule has 8 heteroatoms. The number of sulfonamides is 1. The molecule has 2 aliphatic carbocycles. The molecular weight excluding hydrogens is 402 g/mol. The molecule has 1 aromatic carbocycles. The molecule has 2 N–H and O–H groups in total. The molecule has 2 atom stereocenters. The van der Waals surface area contributed by atoms with E-state index in [4.69, 9.17) is 4.74 Å². The number of amides is 2. The monoisotopic (exact) mass is 431 g/mol. The number of rotatable bonds is 0. The maximum absolute atomic E-state index is 12.6. The first-order valence-corrected chi connectivity index (χ1v) is 12.5. The fraction of sp³-hybridized carbons (Fsp3) is 0.591. The smallest absolute Gasteiger partial charge is 0.321 e. The fourth-order valence-electron chi connectivity index (χ4n) is 5.16. The number of allylic oxidation sites excluding steroid dienone is 1. The Balaban J connectivity index is 1.36. The minimum Gasteiger partial charge on any atom is -0.493 e. The number of urea groups is 1. The molecule has 2 amide bonds. The predicted molar refractivity (Wildman–Crippen MR) is 112 cm³/mol. The van der Waals surface area contributed by atoms with Crippen molar-refractivity contribution in [1.29, 1.82) is 0 Å². The quantitative estimate of drug-likeness (QED) is 0.661. The molecule has 162 valence electrons. The van der Waals surface area contributed by atoms with Gasteiger partial charge in [-0.2, -0.15) is 0 Å². The van der Waals surface area contributed by atoms with Crippen molar-refractivity contribution in [2.24, 2.45) is 11.3 Å². The van der Waals surface area contributed by atoms with E-state index in [0.29, 0.717) is 31.4 Å². The van der Waals surface area contributed by atoms with E-state index in [0.717, 1.165) is 57.2 Å². The Kier molecular flexibility index (Phi) is 5.01. The molecule has 4 bridgehead atoms. The average molecular weight is 432 g/mol. The van der Waals surface area contributed by atoms with Crippen LogP contribution in [0.1, 0.15) is 44.9 Å². The van der Waals surface area contributed by atoms with Gasteiger partial charge in [0.25, 0.3) is 0 Å². The van der Waals surface area contributed by atoms with Crippen molar-refractivity contribution in [3.05, 3.63) is 35.5 Å². The highest BCUT2D eigenvalue weighted by atomic mass is 32.2. The van der Waals surface area contributed by atoms with Crippen LogP contribution in [0.5, 0.6) is 5.75 Å². The number of fused-ring (bicyclic) bond motifs is 4. The molecule has 2 heterocycles. The summed E-state index contributed by atoms with van der Waals surface area (Å²) in [6.45, 7) is 2.44. The van der Waals surface area contributed by atoms with Crippen LogP contribution in [0.3, 0.4) is 0 Å². The number of carbonyl (C=O) groups excluding carboxylic acids is 1. The largest absolute Gasteiger partial charge is 0.493 e. The zero-order valence-electron chi connectivity index (χ0n) is 17.2. The molecular formula is C22H29N3O4S. The molecule has 30 heavy (non-hydrogen) atoms. The van der Waals surface area contributed by atoms with E-state index < -0.39 is 10.0 Å². The number of nitrogens with one attached hydrogen (secondary N) is 2. The number of nitrogens with zero attached hydrogens (tertiary/aromatic N) is 1. The van der Waals surface area contributed by atoms with Crippen LogP contribution in [0.25, 0.3) is 0 Å². The molecule has 2 unspecified atom stereocenters. The van der Waals surface area contributed by atoms with E-state index in [2.05, 4.69) is 10.0 Å². The van der Waals surface area contributed by atoms with Gasteiger partial charge in [0.15, 0.2) is 0 Å². The Hall–Kier alpha value is -2.06. The fourth-order valence-corrected chi connectivity index (χ4v) is 6.27. The molecule has 7 nitrogen and oxygen atoms in total. The lowest BCUT2D eigenvalue weighted by molar-refractivity contribution is 0.216. The first-order chi connectivity index (χ1) is 14.5. The Labute approximate surface area is 177 Å². The Bertz CT molecular complexity index is 990. The summed E-state index contributed by atoms with van der Waals surface area (Å²) in [5.74, 6) is 1.02. The van der Waals surface area contributed by atoms with Gasteiger partial charge in [0, 0.05) is 36.2 Å². The molecule has 5 rings (SSSR count). The van der Waals surface area contributed by atoms with Crippen molar-refractivity contribution in [3.63, 3.8) is 0 Å². The van der Waals surface area contributed by atoms with Gasteiger partial charge in [-0.3, -0.25) is 0 Å². The first kappa shape index (κ1) is 19.9. The van der Waals surface area contributed by atoms with E-state index in [1.807, 2.05) is 11.0 Å². The second-order valence-electron chi connectivity index (χ2n) is 8.96. The molecule has 0 aromatic heterocycles. The summed E-state index contributed by atoms with van der Waals surface area (Å²) in [5, 5.41) is 3.12. The third kappa shape index (κ3) is 3.60. The standard InChI is InChI=1S/C22H29N3O4S/c26-21-24-20-14-25(21)11-4-2-1-3-10-23-30(27,28)18-7-5-6-17(12-18)29-15-16-13-22(16)9-8-19(20)22/h5-7,12,16,23H,1-4,8-11,13-15H2,(H,24,26)/b20-19+. The average Bonchev–Trinajstić information content (AvgIpc) is 3.37. The van der Waals surface area contributed by atoms with Crippen LogP contribution in [0.4, 0.5) is 4.79 Å². The van der Waals surface area contributed by atoms with Gasteiger partial charge in [0.05, 0.1) is 18.0 Å². The van der Waals surface area contributed by atoms with Crippen molar-refractivity contribution in [2.75, 3.05) is 26.2 Å². The third-order valence-corrected chi connectivity index (χ3v) is 8.58. The van der Waals surface area contributed by atoms with Crippen molar-refractivity contribution < 1.29 is 17.9 Å². The summed E-state index contributed by atoms with van der Waals surface area (Å²) < 4.78 is 33.8. The minimum atomic E-state index is -3.53. The van der Waals surface area contributed by atoms with E-state index in [9.17, 15) is 13.2 Å². The summed E-state index contributed by atoms with van der Waals surface area (Å²) in [6, 6.07) is 6.78. The second kappa shape index (κ2) is 7.57. The lowest BCUT2D eigenvalue weighted by Gasteiger charge is -2.33. The van der Waals surface area contributed by atoms with E-state index in [-0.39, 0.29) is 16.3 Å². The van der Waals surface area contributed by atoms with Crippen molar-refractivity contribution >= 4 is 16.1 Å². The summed E-state index contributed by atoms with van der Waals surface area (Å²) in [5.41, 5.74) is 2.71. The zero-order chi connectivity index (χ0) is 20.8. The second-order valence-corrected chi connectivity index (χ2v) is 10.7. The van der Waals surface area contributed by atoms with Gasteiger partial charge >= 0.3 is 6.03 Å². The van der Waals surface area contributed by atoms with Crippen molar-refractivity contribution in [1.82, 2.24) is 14.9 Å². The summed E-state index contributed by atoms with van der Waals surface area (Å²) >= 11 is 0. The van der Waals surface area contributed by atoms with Gasteiger partial charge in [-0.15, -0.1) is 0 Å².